The molecule has 0 aliphatic carbocycles. The van der Waals surface area contributed by atoms with Crippen molar-refractivity contribution in [3.8, 4) is 5.75 Å². The smallest absolute Gasteiger partial charge is 0.325 e. The molecule has 0 saturated carbocycles. The van der Waals surface area contributed by atoms with Crippen LogP contribution in [0.3, 0.4) is 0 Å². The Morgan fingerprint density at radius 1 is 0.846 bits per heavy atom. The number of amides is 1. The fourth-order valence-electron chi connectivity index (χ4n) is 2.42. The molecular weight excluding hydrogens is 330 g/mol. The van der Waals surface area contributed by atoms with E-state index in [4.69, 9.17) is 9.47 Å². The molecular formula is C21H19NO4. The summed E-state index contributed by atoms with van der Waals surface area (Å²) in [6.45, 7) is -0.166. The van der Waals surface area contributed by atoms with Gasteiger partial charge in [0.1, 0.15) is 18.9 Å². The monoisotopic (exact) mass is 349 g/mol. The fraction of sp³-hybridized carbons (Fsp3) is 0.143. The van der Waals surface area contributed by atoms with Gasteiger partial charge in [0.25, 0.3) is 5.91 Å². The maximum Gasteiger partial charge on any atom is 0.325 e. The number of rotatable bonds is 7. The Balaban J connectivity index is 1.40. The van der Waals surface area contributed by atoms with Crippen LogP contribution in [0.25, 0.3) is 10.8 Å². The molecule has 0 heterocycles. The van der Waals surface area contributed by atoms with Crippen LogP contribution in [0, 0.1) is 0 Å². The molecule has 0 fully saturated rings. The average molecular weight is 349 g/mol. The standard InChI is InChI=1S/C21H19NO4/c23-20(22-13-21(24)26-14-16-6-2-1-3-7-16)15-25-19-11-10-17-8-4-5-9-18(17)12-19/h1-12H,13-15H2,(H,22,23). The second-order valence-corrected chi connectivity index (χ2v) is 5.72. The molecule has 0 aliphatic heterocycles. The first-order valence-electron chi connectivity index (χ1n) is 8.28. The van der Waals surface area contributed by atoms with E-state index in [0.717, 1.165) is 16.3 Å². The van der Waals surface area contributed by atoms with Crippen molar-refractivity contribution in [2.75, 3.05) is 13.2 Å². The summed E-state index contributed by atoms with van der Waals surface area (Å²) in [6.07, 6.45) is 0. The lowest BCUT2D eigenvalue weighted by molar-refractivity contribution is -0.145. The van der Waals surface area contributed by atoms with Gasteiger partial charge in [0.05, 0.1) is 0 Å². The van der Waals surface area contributed by atoms with E-state index in [-0.39, 0.29) is 25.7 Å². The molecule has 0 saturated heterocycles. The molecule has 132 valence electrons. The topological polar surface area (TPSA) is 64.6 Å². The van der Waals surface area contributed by atoms with Gasteiger partial charge < -0.3 is 14.8 Å². The van der Waals surface area contributed by atoms with Gasteiger partial charge in [0, 0.05) is 0 Å². The van der Waals surface area contributed by atoms with E-state index in [1.807, 2.05) is 72.8 Å². The second-order valence-electron chi connectivity index (χ2n) is 5.72. The minimum atomic E-state index is -0.493. The van der Waals surface area contributed by atoms with Crippen molar-refractivity contribution in [3.05, 3.63) is 78.4 Å². The second kappa shape index (κ2) is 8.67. The minimum absolute atomic E-state index is 0.162. The number of nitrogens with one attached hydrogen (secondary N) is 1. The van der Waals surface area contributed by atoms with Crippen molar-refractivity contribution < 1.29 is 19.1 Å². The van der Waals surface area contributed by atoms with Crippen LogP contribution in [0.15, 0.2) is 72.8 Å². The lowest BCUT2D eigenvalue weighted by atomic mass is 10.1. The van der Waals surface area contributed by atoms with Gasteiger partial charge in [-0.05, 0) is 28.5 Å². The van der Waals surface area contributed by atoms with Gasteiger partial charge in [0.15, 0.2) is 6.61 Å². The third kappa shape index (κ3) is 5.08. The summed E-state index contributed by atoms with van der Waals surface area (Å²) in [7, 11) is 0. The van der Waals surface area contributed by atoms with Crippen LogP contribution in [0.4, 0.5) is 0 Å². The maximum atomic E-state index is 11.8. The van der Waals surface area contributed by atoms with Gasteiger partial charge in [-0.2, -0.15) is 0 Å². The van der Waals surface area contributed by atoms with Crippen LogP contribution < -0.4 is 10.1 Å². The zero-order chi connectivity index (χ0) is 18.2. The number of fused-ring (bicyclic) bond motifs is 1. The molecule has 0 unspecified atom stereocenters. The molecule has 1 N–H and O–H groups in total. The number of carbonyl (C=O) groups is 2. The lowest BCUT2D eigenvalue weighted by Crippen LogP contribution is -2.34. The van der Waals surface area contributed by atoms with Crippen molar-refractivity contribution in [2.45, 2.75) is 6.61 Å². The van der Waals surface area contributed by atoms with Crippen LogP contribution in [-0.2, 0) is 20.9 Å². The lowest BCUT2D eigenvalue weighted by Gasteiger charge is -2.09. The van der Waals surface area contributed by atoms with Crippen molar-refractivity contribution in [1.82, 2.24) is 5.32 Å². The summed E-state index contributed by atoms with van der Waals surface area (Å²) in [5, 5.41) is 4.63. The van der Waals surface area contributed by atoms with Crippen LogP contribution in [0.1, 0.15) is 5.56 Å². The molecule has 0 spiro atoms. The van der Waals surface area contributed by atoms with Crippen molar-refractivity contribution in [2.24, 2.45) is 0 Å². The molecule has 26 heavy (non-hydrogen) atoms. The Bertz CT molecular complexity index is 893. The van der Waals surface area contributed by atoms with Gasteiger partial charge in [0.2, 0.25) is 0 Å². The van der Waals surface area contributed by atoms with Gasteiger partial charge in [-0.25, -0.2) is 0 Å². The van der Waals surface area contributed by atoms with E-state index < -0.39 is 5.97 Å². The van der Waals surface area contributed by atoms with Crippen molar-refractivity contribution >= 4 is 22.6 Å². The Kier molecular flexibility index (Phi) is 5.83. The first-order chi connectivity index (χ1) is 12.7. The molecule has 1 amide bonds. The van der Waals surface area contributed by atoms with E-state index in [2.05, 4.69) is 5.32 Å². The minimum Gasteiger partial charge on any atom is -0.484 e. The largest absolute Gasteiger partial charge is 0.484 e. The predicted octanol–water partition coefficient (Wildman–Crippen LogP) is 3.08. The van der Waals surface area contributed by atoms with E-state index in [9.17, 15) is 9.59 Å². The SMILES string of the molecule is O=C(COc1ccc2ccccc2c1)NCC(=O)OCc1ccccc1. The maximum absolute atomic E-state index is 11.8. The fourth-order valence-corrected chi connectivity index (χ4v) is 2.42. The number of benzene rings is 3. The summed E-state index contributed by atoms with van der Waals surface area (Å²) < 4.78 is 10.6. The number of ether oxygens (including phenoxy) is 2. The van der Waals surface area contributed by atoms with Gasteiger partial charge in [-0.1, -0.05) is 60.7 Å². The normalized spacial score (nSPS) is 10.3. The summed E-state index contributed by atoms with van der Waals surface area (Å²) in [6, 6.07) is 22.9. The van der Waals surface area contributed by atoms with Gasteiger partial charge in [-0.15, -0.1) is 0 Å². The van der Waals surface area contributed by atoms with Crippen LogP contribution >= 0.6 is 0 Å². The first-order valence-corrected chi connectivity index (χ1v) is 8.28. The number of hydrogen-bond donors (Lipinski definition) is 1. The molecule has 0 radical (unpaired) electrons. The van der Waals surface area contributed by atoms with Crippen LogP contribution in [-0.4, -0.2) is 25.0 Å². The van der Waals surface area contributed by atoms with Crippen molar-refractivity contribution in [1.29, 1.82) is 0 Å². The van der Waals surface area contributed by atoms with Gasteiger partial charge >= 0.3 is 5.97 Å². The molecule has 3 aromatic rings. The number of hydrogen-bond acceptors (Lipinski definition) is 4. The molecule has 0 aromatic heterocycles. The highest BCUT2D eigenvalue weighted by atomic mass is 16.5. The highest BCUT2D eigenvalue weighted by Crippen LogP contribution is 2.20. The third-order valence-electron chi connectivity index (χ3n) is 3.76. The Morgan fingerprint density at radius 3 is 2.38 bits per heavy atom. The summed E-state index contributed by atoms with van der Waals surface area (Å²) >= 11 is 0. The molecule has 0 atom stereocenters. The van der Waals surface area contributed by atoms with E-state index in [0.29, 0.717) is 5.75 Å². The molecule has 0 aliphatic rings. The van der Waals surface area contributed by atoms with E-state index in [1.54, 1.807) is 0 Å². The third-order valence-corrected chi connectivity index (χ3v) is 3.76. The molecule has 0 bridgehead atoms. The highest BCUT2D eigenvalue weighted by Gasteiger charge is 2.08. The first kappa shape index (κ1) is 17.5. The summed E-state index contributed by atoms with van der Waals surface area (Å²) in [5.41, 5.74) is 0.895. The van der Waals surface area contributed by atoms with Gasteiger partial charge in [-0.3, -0.25) is 9.59 Å². The van der Waals surface area contributed by atoms with E-state index >= 15 is 0 Å². The molecule has 5 heteroatoms. The zero-order valence-electron chi connectivity index (χ0n) is 14.2. The van der Waals surface area contributed by atoms with Crippen LogP contribution in [0.5, 0.6) is 5.75 Å². The average Bonchev–Trinajstić information content (AvgIpc) is 2.69. The Labute approximate surface area is 151 Å². The predicted molar refractivity (Wildman–Crippen MR) is 98.7 cm³/mol. The number of esters is 1. The summed E-state index contributed by atoms with van der Waals surface area (Å²) in [5.74, 6) is -0.270. The Morgan fingerprint density at radius 2 is 1.58 bits per heavy atom. The Hall–Kier alpha value is -3.34. The number of carbonyl (C=O) groups excluding carboxylic acids is 2. The van der Waals surface area contributed by atoms with Crippen LogP contribution in [0.2, 0.25) is 0 Å². The quantitative estimate of drug-likeness (QED) is 0.666. The zero-order valence-corrected chi connectivity index (χ0v) is 14.2. The van der Waals surface area contributed by atoms with Crippen molar-refractivity contribution in [3.63, 3.8) is 0 Å². The summed E-state index contributed by atoms with van der Waals surface area (Å²) in [4.78, 5) is 23.5. The molecule has 5 nitrogen and oxygen atoms in total. The molecule has 3 aromatic carbocycles. The molecule has 3 rings (SSSR count). The highest BCUT2D eigenvalue weighted by molar-refractivity contribution is 5.84. The van der Waals surface area contributed by atoms with E-state index in [1.165, 1.54) is 0 Å².